The number of ketones is 6. The number of esters is 2. The fourth-order valence-electron chi connectivity index (χ4n) is 13.5. The van der Waals surface area contributed by atoms with Crippen LogP contribution in [0, 0.1) is 13.8 Å². The first kappa shape index (κ1) is 56.6. The summed E-state index contributed by atoms with van der Waals surface area (Å²) in [4.78, 5) is 122. The zero-order valence-electron chi connectivity index (χ0n) is 48.1. The molecule has 86 heavy (non-hydrogen) atoms. The molecule has 0 saturated carbocycles. The van der Waals surface area contributed by atoms with Crippen molar-refractivity contribution in [2.45, 2.75) is 76.4 Å². The summed E-state index contributed by atoms with van der Waals surface area (Å²) in [5.41, 5.74) is -7.80. The maximum absolute atomic E-state index is 16.5. The highest BCUT2D eigenvalue weighted by Crippen LogP contribution is 2.63. The quantitative estimate of drug-likeness (QED) is 0.0860. The SMILES string of the molecule is COc1cc(OC)c2c(c1)C(C1C3=C(C(=O)c4c(OC)cc(OC)cc41)c1c(OC)cc4c(c1OC(=O)CC(C)(O)C3)C(=O)c1c(O)cc(C)cc1C4=O)C1=C(C2=O)c2c(OC)cc3c(c2OC(=O)CC(C)(O)C1)C(=O)c1c(O)cc(C)cc1C3=O. The second-order valence-electron chi connectivity index (χ2n) is 22.8. The van der Waals surface area contributed by atoms with Gasteiger partial charge in [-0.3, -0.25) is 38.4 Å². The predicted octanol–water partition coefficient (Wildman–Crippen LogP) is 8.39. The Morgan fingerprint density at radius 3 is 1.07 bits per heavy atom. The smallest absolute Gasteiger partial charge is 0.314 e. The number of carbonyl (C=O) groups is 8. The van der Waals surface area contributed by atoms with Crippen molar-refractivity contribution in [1.82, 2.24) is 0 Å². The van der Waals surface area contributed by atoms with Crippen LogP contribution in [-0.4, -0.2) is 121 Å². The van der Waals surface area contributed by atoms with E-state index >= 15 is 19.2 Å². The van der Waals surface area contributed by atoms with Crippen LogP contribution in [0.15, 0.2) is 71.8 Å². The number of benzene rings is 6. The maximum Gasteiger partial charge on any atom is 0.314 e. The van der Waals surface area contributed by atoms with E-state index in [-0.39, 0.29) is 112 Å². The van der Waals surface area contributed by atoms with Crippen molar-refractivity contribution in [3.05, 3.63) is 161 Å². The third-order valence-corrected chi connectivity index (χ3v) is 16.9. The molecule has 0 amide bonds. The lowest BCUT2D eigenvalue weighted by atomic mass is 9.59. The van der Waals surface area contributed by atoms with E-state index < -0.39 is 141 Å². The molecule has 0 saturated heterocycles. The average Bonchev–Trinajstić information content (AvgIpc) is 0.937. The van der Waals surface area contributed by atoms with Gasteiger partial charge in [-0.25, -0.2) is 0 Å². The van der Waals surface area contributed by atoms with Gasteiger partial charge in [-0.05, 0) is 122 Å². The van der Waals surface area contributed by atoms with E-state index in [1.54, 1.807) is 13.8 Å². The van der Waals surface area contributed by atoms with Gasteiger partial charge in [-0.1, -0.05) is 0 Å². The lowest BCUT2D eigenvalue weighted by Gasteiger charge is -2.43. The molecule has 20 heteroatoms. The van der Waals surface area contributed by atoms with Gasteiger partial charge in [0.15, 0.2) is 34.6 Å². The van der Waals surface area contributed by atoms with Crippen LogP contribution in [-0.2, 0) is 9.59 Å². The summed E-state index contributed by atoms with van der Waals surface area (Å²) in [6, 6.07) is 13.8. The predicted molar refractivity (Wildman–Crippen MR) is 303 cm³/mol. The molecule has 0 bridgehead atoms. The van der Waals surface area contributed by atoms with Gasteiger partial charge in [-0.2, -0.15) is 0 Å². The average molecular weight is 1170 g/mol. The van der Waals surface area contributed by atoms with Crippen molar-refractivity contribution in [3.63, 3.8) is 0 Å². The van der Waals surface area contributed by atoms with E-state index in [2.05, 4.69) is 0 Å². The zero-order valence-corrected chi connectivity index (χ0v) is 48.1. The second kappa shape index (κ2) is 19.8. The molecule has 4 aliphatic carbocycles. The van der Waals surface area contributed by atoms with Crippen LogP contribution in [0.25, 0.3) is 11.1 Å². The number of methoxy groups -OCH3 is 6. The van der Waals surface area contributed by atoms with Crippen LogP contribution in [0.2, 0.25) is 0 Å². The Kier molecular flexibility index (Phi) is 13.1. The zero-order chi connectivity index (χ0) is 61.7. The Morgan fingerprint density at radius 1 is 0.395 bits per heavy atom. The first-order valence-corrected chi connectivity index (χ1v) is 27.1. The van der Waals surface area contributed by atoms with Crippen molar-refractivity contribution in [2.24, 2.45) is 0 Å². The minimum Gasteiger partial charge on any atom is -0.507 e. The van der Waals surface area contributed by atoms with Crippen molar-refractivity contribution in [2.75, 3.05) is 42.7 Å². The summed E-state index contributed by atoms with van der Waals surface area (Å²) in [6.45, 7) is 5.86. The van der Waals surface area contributed by atoms with Crippen molar-refractivity contribution >= 4 is 57.8 Å². The molecule has 20 nitrogen and oxygen atoms in total. The van der Waals surface area contributed by atoms with E-state index in [1.807, 2.05) is 0 Å². The van der Waals surface area contributed by atoms with Gasteiger partial charge in [0.1, 0.15) is 46.0 Å². The summed E-state index contributed by atoms with van der Waals surface area (Å²) in [7, 11) is 7.77. The number of phenols is 2. The number of aromatic hydroxyl groups is 2. The van der Waals surface area contributed by atoms with Crippen LogP contribution in [0.3, 0.4) is 0 Å². The molecular weight excluding hydrogens is 1110 g/mol. The van der Waals surface area contributed by atoms with E-state index in [0.717, 1.165) is 0 Å². The van der Waals surface area contributed by atoms with E-state index in [0.29, 0.717) is 11.1 Å². The fraction of sp³-hybridized carbons (Fsp3) is 0.273. The molecule has 4 N–H and O–H groups in total. The van der Waals surface area contributed by atoms with Gasteiger partial charge < -0.3 is 58.3 Å². The largest absolute Gasteiger partial charge is 0.507 e. The van der Waals surface area contributed by atoms with Crippen molar-refractivity contribution < 1.29 is 96.7 Å². The number of phenolic OH excluding ortho intramolecular Hbond substituents is 2. The summed E-state index contributed by atoms with van der Waals surface area (Å²) >= 11 is 0. The minimum absolute atomic E-state index is 0.0133. The van der Waals surface area contributed by atoms with Gasteiger partial charge in [0.05, 0.1) is 111 Å². The molecule has 0 radical (unpaired) electrons. The molecule has 0 aromatic heterocycles. The molecule has 2 aliphatic heterocycles. The number of carbonyl (C=O) groups excluding carboxylic acids is 8. The van der Waals surface area contributed by atoms with Gasteiger partial charge in [0, 0.05) is 57.4 Å². The molecule has 6 aromatic carbocycles. The molecular formula is C66H54O20. The van der Waals surface area contributed by atoms with Crippen LogP contribution >= 0.6 is 0 Å². The first-order valence-electron chi connectivity index (χ1n) is 27.1. The van der Waals surface area contributed by atoms with E-state index in [4.69, 9.17) is 37.9 Å². The Balaban J connectivity index is 1.28. The number of aliphatic hydroxyl groups is 2. The minimum atomic E-state index is -2.18. The molecule has 4 atom stereocenters. The Labute approximate surface area is 490 Å². The highest BCUT2D eigenvalue weighted by molar-refractivity contribution is 6.38. The lowest BCUT2D eigenvalue weighted by Crippen LogP contribution is -2.37. The van der Waals surface area contributed by atoms with Gasteiger partial charge in [0.25, 0.3) is 0 Å². The van der Waals surface area contributed by atoms with Crippen LogP contribution < -0.4 is 37.9 Å². The first-order chi connectivity index (χ1) is 40.8. The highest BCUT2D eigenvalue weighted by Gasteiger charge is 2.53. The molecule has 2 heterocycles. The molecule has 6 aliphatic rings. The lowest BCUT2D eigenvalue weighted by molar-refractivity contribution is -0.140. The molecule has 12 rings (SSSR count). The van der Waals surface area contributed by atoms with Crippen LogP contribution in [0.4, 0.5) is 0 Å². The molecule has 438 valence electrons. The third-order valence-electron chi connectivity index (χ3n) is 16.9. The van der Waals surface area contributed by atoms with Gasteiger partial charge in [0.2, 0.25) is 11.6 Å². The number of Topliss-reactive ketones (excluding diaryl/α,β-unsaturated/α-hetero) is 2. The number of fused-ring (bicyclic) bond motifs is 12. The van der Waals surface area contributed by atoms with Crippen LogP contribution in [0.1, 0.15) is 169 Å². The highest BCUT2D eigenvalue weighted by atomic mass is 16.5. The molecule has 4 unspecified atom stereocenters. The Bertz CT molecular complexity index is 4030. The number of hydrogen-bond acceptors (Lipinski definition) is 20. The summed E-state index contributed by atoms with van der Waals surface area (Å²) in [5, 5.41) is 48.5. The van der Waals surface area contributed by atoms with E-state index in [9.17, 15) is 39.6 Å². The van der Waals surface area contributed by atoms with Gasteiger partial charge in [-0.15, -0.1) is 0 Å². The molecule has 0 fully saturated rings. The summed E-state index contributed by atoms with van der Waals surface area (Å²) in [6.07, 6.45) is -2.85. The standard InChI is InChI=1S/C66H54O20/c1-25-11-31-47(37(67)13-25)59(73)53-33(57(31)71)19-41(83-9)55-51-35(21-65(3,77)23-43(69)85-63(53)55)45(29-15-27(79-5)17-39(81-7)49(29)61(51)75)46-30-16-28(80-6)18-40(82-8)50(30)62(76)52-36(46)22-66(4,78)24-44(70)86-64-54-34(20-42(84-10)56(52)64)58(72)32-12-26(2)14-38(68)48(32)60(54)74/h11-20,45-46,67-68,77-78H,21-24H2,1-10H3. The Morgan fingerprint density at radius 2 is 0.733 bits per heavy atom. The topological polar surface area (TPSA) is 291 Å². The number of rotatable bonds is 7. The van der Waals surface area contributed by atoms with Crippen molar-refractivity contribution in [1.29, 1.82) is 0 Å². The van der Waals surface area contributed by atoms with Crippen molar-refractivity contribution in [3.8, 4) is 57.5 Å². The number of hydrogen-bond donors (Lipinski definition) is 4. The normalized spacial score (nSPS) is 21.1. The number of allylic oxidation sites excluding steroid dienone is 2. The number of aryl methyl sites for hydroxylation is 2. The number of ether oxygens (including phenoxy) is 8. The molecule has 6 aromatic rings. The molecule has 0 spiro atoms. The second-order valence-corrected chi connectivity index (χ2v) is 22.8. The monoisotopic (exact) mass is 1170 g/mol. The fourth-order valence-corrected chi connectivity index (χ4v) is 13.5. The van der Waals surface area contributed by atoms with Crippen LogP contribution in [0.5, 0.6) is 57.5 Å². The Hall–Kier alpha value is -9.92. The third kappa shape index (κ3) is 8.32. The summed E-state index contributed by atoms with van der Waals surface area (Å²) < 4.78 is 48.5. The van der Waals surface area contributed by atoms with E-state index in [1.165, 1.54) is 117 Å². The summed E-state index contributed by atoms with van der Waals surface area (Å²) in [5.74, 6) is -13.2. The van der Waals surface area contributed by atoms with Gasteiger partial charge >= 0.3 is 11.9 Å². The maximum atomic E-state index is 16.5.